The molecule has 2 N–H and O–H groups in total. The first kappa shape index (κ1) is 22.7. The topological polar surface area (TPSA) is 79.8 Å². The molecule has 0 saturated heterocycles. The van der Waals surface area contributed by atoms with Crippen molar-refractivity contribution in [2.24, 2.45) is 11.0 Å². The van der Waals surface area contributed by atoms with Gasteiger partial charge in [0.15, 0.2) is 0 Å². The van der Waals surface area contributed by atoms with Gasteiger partial charge in [-0.2, -0.15) is 5.10 Å². The predicted molar refractivity (Wildman–Crippen MR) is 116 cm³/mol. The highest BCUT2D eigenvalue weighted by Crippen LogP contribution is 2.21. The number of nitrogens with one attached hydrogen (secondary N) is 2. The van der Waals surface area contributed by atoms with Crippen molar-refractivity contribution >= 4 is 41.2 Å². The average molecular weight is 436 g/mol. The van der Waals surface area contributed by atoms with Crippen molar-refractivity contribution in [2.45, 2.75) is 26.8 Å². The molecule has 0 heterocycles. The number of hydrogen-bond acceptors (Lipinski definition) is 4. The molecular formula is C21H23Cl2N3O3. The second-order valence-electron chi connectivity index (χ2n) is 6.52. The number of hydrazone groups is 1. The Balaban J connectivity index is 2.07. The van der Waals surface area contributed by atoms with Crippen molar-refractivity contribution in [3.05, 3.63) is 63.6 Å². The first-order valence-electron chi connectivity index (χ1n) is 9.14. The number of amides is 2. The molecule has 2 rings (SSSR count). The van der Waals surface area contributed by atoms with Crippen LogP contribution >= 0.6 is 23.2 Å². The minimum absolute atomic E-state index is 0.170. The SMILES string of the molecule is CCOc1ccccc1/C=N\NC(=O)C(NC(=O)c1ccc(Cl)cc1Cl)C(C)C. The van der Waals surface area contributed by atoms with E-state index in [0.29, 0.717) is 17.4 Å². The second-order valence-corrected chi connectivity index (χ2v) is 7.37. The van der Waals surface area contributed by atoms with Gasteiger partial charge in [-0.15, -0.1) is 0 Å². The first-order chi connectivity index (χ1) is 13.8. The summed E-state index contributed by atoms with van der Waals surface area (Å²) in [4.78, 5) is 25.1. The van der Waals surface area contributed by atoms with Crippen molar-refractivity contribution in [1.29, 1.82) is 0 Å². The van der Waals surface area contributed by atoms with Crippen LogP contribution in [0.5, 0.6) is 5.75 Å². The van der Waals surface area contributed by atoms with E-state index in [1.54, 1.807) is 6.07 Å². The summed E-state index contributed by atoms with van der Waals surface area (Å²) in [6.07, 6.45) is 1.50. The Bertz CT molecular complexity index is 900. The molecule has 6 nitrogen and oxygen atoms in total. The molecular weight excluding hydrogens is 413 g/mol. The Morgan fingerprint density at radius 2 is 1.90 bits per heavy atom. The largest absolute Gasteiger partial charge is 0.493 e. The van der Waals surface area contributed by atoms with Crippen molar-refractivity contribution < 1.29 is 14.3 Å². The lowest BCUT2D eigenvalue weighted by atomic mass is 10.0. The number of benzene rings is 2. The smallest absolute Gasteiger partial charge is 0.262 e. The molecule has 0 fully saturated rings. The van der Waals surface area contributed by atoms with Crippen LogP contribution in [0, 0.1) is 5.92 Å². The molecule has 0 bridgehead atoms. The summed E-state index contributed by atoms with van der Waals surface area (Å²) in [5, 5.41) is 7.33. The molecule has 154 valence electrons. The number of para-hydroxylation sites is 1. The molecule has 0 aliphatic carbocycles. The Hall–Kier alpha value is -2.57. The first-order valence-corrected chi connectivity index (χ1v) is 9.89. The van der Waals surface area contributed by atoms with E-state index in [1.807, 2.05) is 45.0 Å². The van der Waals surface area contributed by atoms with E-state index in [4.69, 9.17) is 27.9 Å². The standard InChI is InChI=1S/C21H23Cl2N3O3/c1-4-29-18-8-6-5-7-14(18)12-24-26-21(28)19(13(2)3)25-20(27)16-10-9-15(22)11-17(16)23/h5-13,19H,4H2,1-3H3,(H,25,27)(H,26,28)/b24-12-. The van der Waals surface area contributed by atoms with Crippen LogP contribution in [0.2, 0.25) is 10.0 Å². The quantitative estimate of drug-likeness (QED) is 0.479. The minimum Gasteiger partial charge on any atom is -0.493 e. The number of carbonyl (C=O) groups is 2. The Labute approximate surface area is 180 Å². The van der Waals surface area contributed by atoms with Crippen LogP contribution < -0.4 is 15.5 Å². The average Bonchev–Trinajstić information content (AvgIpc) is 2.67. The summed E-state index contributed by atoms with van der Waals surface area (Å²) in [6.45, 7) is 6.05. The summed E-state index contributed by atoms with van der Waals surface area (Å²) >= 11 is 11.9. The van der Waals surface area contributed by atoms with Gasteiger partial charge < -0.3 is 10.1 Å². The molecule has 29 heavy (non-hydrogen) atoms. The molecule has 1 atom stereocenters. The molecule has 0 saturated carbocycles. The zero-order valence-corrected chi connectivity index (χ0v) is 17.9. The summed E-state index contributed by atoms with van der Waals surface area (Å²) in [5.41, 5.74) is 3.44. The van der Waals surface area contributed by atoms with Crippen molar-refractivity contribution in [3.8, 4) is 5.75 Å². The number of rotatable bonds is 8. The molecule has 0 radical (unpaired) electrons. The highest BCUT2D eigenvalue weighted by Gasteiger charge is 2.25. The van der Waals surface area contributed by atoms with E-state index < -0.39 is 17.9 Å². The zero-order valence-electron chi connectivity index (χ0n) is 16.4. The third kappa shape index (κ3) is 6.48. The zero-order chi connectivity index (χ0) is 21.4. The lowest BCUT2D eigenvalue weighted by molar-refractivity contribution is -0.123. The van der Waals surface area contributed by atoms with Crippen LogP contribution in [0.4, 0.5) is 0 Å². The number of hydrogen-bond donors (Lipinski definition) is 2. The van der Waals surface area contributed by atoms with Crippen LogP contribution in [0.3, 0.4) is 0 Å². The third-order valence-electron chi connectivity index (χ3n) is 4.01. The second kappa shape index (κ2) is 10.8. The van der Waals surface area contributed by atoms with Gasteiger partial charge in [-0.3, -0.25) is 9.59 Å². The molecule has 0 aromatic heterocycles. The van der Waals surface area contributed by atoms with Crippen molar-refractivity contribution in [1.82, 2.24) is 10.7 Å². The maximum atomic E-state index is 12.6. The predicted octanol–water partition coefficient (Wildman–Crippen LogP) is 4.30. The van der Waals surface area contributed by atoms with Gasteiger partial charge in [0.05, 0.1) is 23.4 Å². The lowest BCUT2D eigenvalue weighted by Gasteiger charge is -2.20. The third-order valence-corrected chi connectivity index (χ3v) is 4.56. The van der Waals surface area contributed by atoms with Gasteiger partial charge in [-0.1, -0.05) is 49.2 Å². The molecule has 2 amide bonds. The molecule has 2 aromatic carbocycles. The number of nitrogens with zero attached hydrogens (tertiary/aromatic N) is 1. The van der Waals surface area contributed by atoms with E-state index in [9.17, 15) is 9.59 Å². The fourth-order valence-electron chi connectivity index (χ4n) is 2.54. The monoisotopic (exact) mass is 435 g/mol. The summed E-state index contributed by atoms with van der Waals surface area (Å²) < 4.78 is 5.52. The number of carbonyl (C=O) groups excluding carboxylic acids is 2. The summed E-state index contributed by atoms with van der Waals surface area (Å²) in [6, 6.07) is 11.1. The van der Waals surface area contributed by atoms with Crippen molar-refractivity contribution in [2.75, 3.05) is 6.61 Å². The number of ether oxygens (including phenoxy) is 1. The lowest BCUT2D eigenvalue weighted by Crippen LogP contribution is -2.48. The van der Waals surface area contributed by atoms with E-state index in [1.165, 1.54) is 18.3 Å². The van der Waals surface area contributed by atoms with Gasteiger partial charge in [0, 0.05) is 10.6 Å². The Kier molecular flexibility index (Phi) is 8.49. The van der Waals surface area contributed by atoms with Gasteiger partial charge in [-0.05, 0) is 43.2 Å². The van der Waals surface area contributed by atoms with Gasteiger partial charge in [0.2, 0.25) is 0 Å². The van der Waals surface area contributed by atoms with Crippen molar-refractivity contribution in [3.63, 3.8) is 0 Å². The molecule has 1 unspecified atom stereocenters. The van der Waals surface area contributed by atoms with E-state index in [0.717, 1.165) is 5.56 Å². The molecule has 0 aliphatic heterocycles. The van der Waals surface area contributed by atoms with Gasteiger partial charge in [0.25, 0.3) is 11.8 Å². The van der Waals surface area contributed by atoms with E-state index in [-0.39, 0.29) is 16.5 Å². The number of halogens is 2. The van der Waals surface area contributed by atoms with Crippen LogP contribution in [-0.2, 0) is 4.79 Å². The van der Waals surface area contributed by atoms with Crippen LogP contribution in [0.15, 0.2) is 47.6 Å². The molecule has 8 heteroatoms. The fraction of sp³-hybridized carbons (Fsp3) is 0.286. The maximum absolute atomic E-state index is 12.6. The van der Waals surface area contributed by atoms with E-state index >= 15 is 0 Å². The van der Waals surface area contributed by atoms with Gasteiger partial charge >= 0.3 is 0 Å². The van der Waals surface area contributed by atoms with Crippen LogP contribution in [0.1, 0.15) is 36.7 Å². The van der Waals surface area contributed by atoms with E-state index in [2.05, 4.69) is 15.8 Å². The molecule has 0 spiro atoms. The van der Waals surface area contributed by atoms with Crippen LogP contribution in [-0.4, -0.2) is 30.7 Å². The molecule has 2 aromatic rings. The normalized spacial score (nSPS) is 12.1. The molecule has 0 aliphatic rings. The Morgan fingerprint density at radius 1 is 1.17 bits per heavy atom. The summed E-state index contributed by atoms with van der Waals surface area (Å²) in [7, 11) is 0. The minimum atomic E-state index is -0.798. The van der Waals surface area contributed by atoms with Gasteiger partial charge in [-0.25, -0.2) is 5.43 Å². The summed E-state index contributed by atoms with van der Waals surface area (Å²) in [5.74, 6) is -0.412. The Morgan fingerprint density at radius 3 is 2.55 bits per heavy atom. The van der Waals surface area contributed by atoms with Gasteiger partial charge in [0.1, 0.15) is 11.8 Å². The van der Waals surface area contributed by atoms with Crippen LogP contribution in [0.25, 0.3) is 0 Å². The fourth-order valence-corrected chi connectivity index (χ4v) is 3.03. The maximum Gasteiger partial charge on any atom is 0.262 e. The highest BCUT2D eigenvalue weighted by molar-refractivity contribution is 6.36. The highest BCUT2D eigenvalue weighted by atomic mass is 35.5.